The third-order valence-corrected chi connectivity index (χ3v) is 4.49. The van der Waals surface area contributed by atoms with Gasteiger partial charge in [0.25, 0.3) is 0 Å². The maximum absolute atomic E-state index is 5.47. The van der Waals surface area contributed by atoms with Gasteiger partial charge in [-0.15, -0.1) is 0 Å². The van der Waals surface area contributed by atoms with Crippen molar-refractivity contribution in [2.24, 2.45) is 0 Å². The fourth-order valence-corrected chi connectivity index (χ4v) is 3.80. The highest BCUT2D eigenvalue weighted by atomic mass is 79.9. The lowest BCUT2D eigenvalue weighted by molar-refractivity contribution is 0.340. The lowest BCUT2D eigenvalue weighted by Crippen LogP contribution is -2.08. The summed E-state index contributed by atoms with van der Waals surface area (Å²) in [6.45, 7) is 6.91. The zero-order valence-electron chi connectivity index (χ0n) is 12.4. The number of hydrogen-bond acceptors (Lipinski definition) is 2. The quantitative estimate of drug-likeness (QED) is 0.641. The molecule has 0 aliphatic rings. The highest BCUT2D eigenvalue weighted by Gasteiger charge is 2.11. The molecule has 0 spiro atoms. The maximum Gasteiger partial charge on any atom is 0.119 e. The number of nitrogens with one attached hydrogen (secondary N) is 1. The SMILES string of the molecule is CCOc1ccc(C(C)Nc2c(Br)cc(C)cc2Br)cc1. The summed E-state index contributed by atoms with van der Waals surface area (Å²) in [4.78, 5) is 0. The predicted octanol–water partition coefficient (Wildman–Crippen LogP) is 6.09. The van der Waals surface area contributed by atoms with Crippen LogP contribution in [0.25, 0.3) is 0 Å². The van der Waals surface area contributed by atoms with Crippen LogP contribution < -0.4 is 10.1 Å². The Hall–Kier alpha value is -1.00. The van der Waals surface area contributed by atoms with Gasteiger partial charge in [-0.2, -0.15) is 0 Å². The van der Waals surface area contributed by atoms with Crippen LogP contribution in [0.2, 0.25) is 0 Å². The van der Waals surface area contributed by atoms with Crippen LogP contribution in [0.15, 0.2) is 45.3 Å². The van der Waals surface area contributed by atoms with Crippen LogP contribution >= 0.6 is 31.9 Å². The Morgan fingerprint density at radius 1 is 1.10 bits per heavy atom. The minimum absolute atomic E-state index is 0.205. The molecule has 2 aromatic carbocycles. The highest BCUT2D eigenvalue weighted by Crippen LogP contribution is 2.35. The van der Waals surface area contributed by atoms with E-state index >= 15 is 0 Å². The third kappa shape index (κ3) is 4.24. The number of hydrogen-bond donors (Lipinski definition) is 1. The van der Waals surface area contributed by atoms with Crippen LogP contribution in [0.1, 0.15) is 31.0 Å². The summed E-state index contributed by atoms with van der Waals surface area (Å²) < 4.78 is 7.60. The number of ether oxygens (including phenoxy) is 1. The van der Waals surface area contributed by atoms with Gasteiger partial charge < -0.3 is 10.1 Å². The van der Waals surface area contributed by atoms with Crippen LogP contribution in [0.3, 0.4) is 0 Å². The average Bonchev–Trinajstić information content (AvgIpc) is 2.43. The van der Waals surface area contributed by atoms with Gasteiger partial charge in [0.2, 0.25) is 0 Å². The molecule has 2 aromatic rings. The molecular formula is C17H19Br2NO. The zero-order valence-corrected chi connectivity index (χ0v) is 15.6. The highest BCUT2D eigenvalue weighted by molar-refractivity contribution is 9.11. The molecule has 2 nitrogen and oxygen atoms in total. The third-order valence-electron chi connectivity index (χ3n) is 3.24. The molecule has 0 aromatic heterocycles. The number of aryl methyl sites for hydroxylation is 1. The lowest BCUT2D eigenvalue weighted by atomic mass is 10.1. The Morgan fingerprint density at radius 3 is 2.19 bits per heavy atom. The van der Waals surface area contributed by atoms with Crippen LogP contribution in [-0.4, -0.2) is 6.61 Å². The van der Waals surface area contributed by atoms with Crippen molar-refractivity contribution in [3.8, 4) is 5.75 Å². The first-order valence-electron chi connectivity index (χ1n) is 6.96. The molecule has 0 aliphatic carbocycles. The van der Waals surface area contributed by atoms with Crippen molar-refractivity contribution in [3.63, 3.8) is 0 Å². The molecule has 0 heterocycles. The lowest BCUT2D eigenvalue weighted by Gasteiger charge is -2.19. The Bertz CT molecular complexity index is 588. The van der Waals surface area contributed by atoms with Crippen LogP contribution in [0.4, 0.5) is 5.69 Å². The van der Waals surface area contributed by atoms with Crippen molar-refractivity contribution in [1.82, 2.24) is 0 Å². The Morgan fingerprint density at radius 2 is 1.67 bits per heavy atom. The van der Waals surface area contributed by atoms with E-state index in [1.54, 1.807) is 0 Å². The second-order valence-electron chi connectivity index (χ2n) is 4.97. The minimum Gasteiger partial charge on any atom is -0.494 e. The van der Waals surface area contributed by atoms with Crippen LogP contribution in [0.5, 0.6) is 5.75 Å². The van der Waals surface area contributed by atoms with Gasteiger partial charge >= 0.3 is 0 Å². The summed E-state index contributed by atoms with van der Waals surface area (Å²) in [6.07, 6.45) is 0. The van der Waals surface area contributed by atoms with Gasteiger partial charge in [0.15, 0.2) is 0 Å². The van der Waals surface area contributed by atoms with E-state index in [2.05, 4.69) is 75.3 Å². The molecule has 0 saturated heterocycles. The largest absolute Gasteiger partial charge is 0.494 e. The van der Waals surface area contributed by atoms with Gasteiger partial charge in [-0.1, -0.05) is 12.1 Å². The predicted molar refractivity (Wildman–Crippen MR) is 96.2 cm³/mol. The normalized spacial score (nSPS) is 12.0. The van der Waals surface area contributed by atoms with Crippen molar-refractivity contribution in [2.75, 3.05) is 11.9 Å². The van der Waals surface area contributed by atoms with E-state index in [1.165, 1.54) is 11.1 Å². The van der Waals surface area contributed by atoms with Gasteiger partial charge in [0.05, 0.1) is 12.3 Å². The van der Waals surface area contributed by atoms with Crippen molar-refractivity contribution in [2.45, 2.75) is 26.8 Å². The first kappa shape index (κ1) is 16.4. The van der Waals surface area contributed by atoms with Crippen molar-refractivity contribution in [1.29, 1.82) is 0 Å². The maximum atomic E-state index is 5.47. The fraction of sp³-hybridized carbons (Fsp3) is 0.294. The molecule has 0 bridgehead atoms. The zero-order chi connectivity index (χ0) is 15.4. The van der Waals surface area contributed by atoms with Gasteiger partial charge in [-0.3, -0.25) is 0 Å². The monoisotopic (exact) mass is 411 g/mol. The summed E-state index contributed by atoms with van der Waals surface area (Å²) in [5.41, 5.74) is 3.51. The molecule has 0 amide bonds. The number of anilines is 1. The Kier molecular flexibility index (Phi) is 5.71. The molecule has 4 heteroatoms. The molecule has 1 N–H and O–H groups in total. The number of benzene rings is 2. The Balaban J connectivity index is 2.16. The fourth-order valence-electron chi connectivity index (χ4n) is 2.16. The van der Waals surface area contributed by atoms with Gasteiger partial charge in [0, 0.05) is 15.0 Å². The van der Waals surface area contributed by atoms with Crippen molar-refractivity contribution < 1.29 is 4.74 Å². The average molecular weight is 413 g/mol. The van der Waals surface area contributed by atoms with E-state index in [1.807, 2.05) is 19.1 Å². The molecule has 1 atom stereocenters. The first-order chi connectivity index (χ1) is 10.0. The van der Waals surface area contributed by atoms with Crippen LogP contribution in [-0.2, 0) is 0 Å². The molecule has 0 saturated carbocycles. The second-order valence-corrected chi connectivity index (χ2v) is 6.68. The molecule has 1 unspecified atom stereocenters. The molecule has 112 valence electrons. The summed E-state index contributed by atoms with van der Waals surface area (Å²) in [7, 11) is 0. The first-order valence-corrected chi connectivity index (χ1v) is 8.54. The van der Waals surface area contributed by atoms with Crippen molar-refractivity contribution in [3.05, 3.63) is 56.5 Å². The minimum atomic E-state index is 0.205. The van der Waals surface area contributed by atoms with E-state index in [4.69, 9.17) is 4.74 Å². The molecule has 0 aliphatic heterocycles. The van der Waals surface area contributed by atoms with Crippen molar-refractivity contribution >= 4 is 37.5 Å². The molecular weight excluding hydrogens is 394 g/mol. The molecule has 0 fully saturated rings. The van der Waals surface area contributed by atoms with Crippen LogP contribution in [0, 0.1) is 6.92 Å². The molecule has 0 radical (unpaired) electrons. The second kappa shape index (κ2) is 7.32. The molecule has 21 heavy (non-hydrogen) atoms. The molecule has 2 rings (SSSR count). The summed E-state index contributed by atoms with van der Waals surface area (Å²) in [6, 6.07) is 12.6. The summed E-state index contributed by atoms with van der Waals surface area (Å²) >= 11 is 7.24. The van der Waals surface area contributed by atoms with E-state index in [0.717, 1.165) is 20.4 Å². The standard InChI is InChI=1S/C17H19Br2NO/c1-4-21-14-7-5-13(6-8-14)12(3)20-17-15(18)9-11(2)10-16(17)19/h5-10,12,20H,4H2,1-3H3. The van der Waals surface area contributed by atoms with E-state index < -0.39 is 0 Å². The van der Waals surface area contributed by atoms with E-state index in [0.29, 0.717) is 6.61 Å². The topological polar surface area (TPSA) is 21.3 Å². The number of halogens is 2. The van der Waals surface area contributed by atoms with Gasteiger partial charge in [0.1, 0.15) is 5.75 Å². The van der Waals surface area contributed by atoms with E-state index in [9.17, 15) is 0 Å². The summed E-state index contributed by atoms with van der Waals surface area (Å²) in [5.74, 6) is 0.908. The number of rotatable bonds is 5. The van der Waals surface area contributed by atoms with Gasteiger partial charge in [-0.25, -0.2) is 0 Å². The summed E-state index contributed by atoms with van der Waals surface area (Å²) in [5, 5.41) is 3.54. The van der Waals surface area contributed by atoms with E-state index in [-0.39, 0.29) is 6.04 Å². The smallest absolute Gasteiger partial charge is 0.119 e. The van der Waals surface area contributed by atoms with Gasteiger partial charge in [-0.05, 0) is 88.0 Å². The Labute approximate surface area is 143 Å².